The molecule has 3 rings (SSSR count). The van der Waals surface area contributed by atoms with Crippen molar-refractivity contribution in [2.24, 2.45) is 0 Å². The van der Waals surface area contributed by atoms with Crippen LogP contribution in [0, 0.1) is 0 Å². The molecular formula is C18H19N3O4. The van der Waals surface area contributed by atoms with Crippen molar-refractivity contribution in [1.29, 1.82) is 0 Å². The highest BCUT2D eigenvalue weighted by molar-refractivity contribution is 5.94. The molecule has 25 heavy (non-hydrogen) atoms. The zero-order valence-corrected chi connectivity index (χ0v) is 14.1. The number of hydrogen-bond donors (Lipinski definition) is 0. The number of nitrogens with zero attached hydrogens (tertiary/aromatic N) is 3. The molecule has 0 aliphatic rings. The minimum Gasteiger partial charge on any atom is -0.497 e. The van der Waals surface area contributed by atoms with Gasteiger partial charge in [0, 0.05) is 12.1 Å². The van der Waals surface area contributed by atoms with Gasteiger partial charge in [-0.25, -0.2) is 0 Å². The highest BCUT2D eigenvalue weighted by Gasteiger charge is 2.19. The molecule has 2 aromatic heterocycles. The minimum absolute atomic E-state index is 0.113. The van der Waals surface area contributed by atoms with Crippen LogP contribution >= 0.6 is 0 Å². The molecule has 0 saturated heterocycles. The average molecular weight is 341 g/mol. The summed E-state index contributed by atoms with van der Waals surface area (Å²) in [4.78, 5) is 14.5. The van der Waals surface area contributed by atoms with Gasteiger partial charge in [0.25, 0.3) is 11.8 Å². The first-order chi connectivity index (χ1) is 12.2. The zero-order valence-electron chi connectivity index (χ0n) is 14.1. The predicted octanol–water partition coefficient (Wildman–Crippen LogP) is 3.39. The third-order valence-corrected chi connectivity index (χ3v) is 3.62. The number of carbonyl (C=O) groups is 1. The molecule has 2 heterocycles. The van der Waals surface area contributed by atoms with E-state index in [0.717, 1.165) is 6.42 Å². The molecule has 0 atom stereocenters. The number of hydrogen-bond acceptors (Lipinski definition) is 6. The van der Waals surface area contributed by atoms with Gasteiger partial charge < -0.3 is 18.5 Å². The third-order valence-electron chi connectivity index (χ3n) is 3.62. The monoisotopic (exact) mass is 341 g/mol. The number of methoxy groups -OCH3 is 1. The molecule has 0 N–H and O–H groups in total. The fourth-order valence-corrected chi connectivity index (χ4v) is 2.44. The fraction of sp³-hybridized carbons (Fsp3) is 0.278. The van der Waals surface area contributed by atoms with Crippen molar-refractivity contribution in [3.8, 4) is 17.4 Å². The van der Waals surface area contributed by atoms with Crippen LogP contribution in [0.4, 0.5) is 0 Å². The largest absolute Gasteiger partial charge is 0.497 e. The number of amides is 1. The number of carbonyl (C=O) groups excluding carboxylic acids is 1. The number of ether oxygens (including phenoxy) is 1. The molecule has 0 fully saturated rings. The molecule has 0 radical (unpaired) electrons. The Labute approximate surface area is 145 Å². The molecule has 130 valence electrons. The molecule has 0 aliphatic carbocycles. The van der Waals surface area contributed by atoms with E-state index in [0.29, 0.717) is 35.4 Å². The zero-order chi connectivity index (χ0) is 17.6. The maximum Gasteiger partial charge on any atom is 0.283 e. The Morgan fingerprint density at radius 3 is 2.84 bits per heavy atom. The van der Waals surface area contributed by atoms with Crippen LogP contribution in [-0.2, 0) is 6.54 Å². The molecular weight excluding hydrogens is 322 g/mol. The number of rotatable bonds is 7. The maximum absolute atomic E-state index is 12.8. The smallest absolute Gasteiger partial charge is 0.283 e. The van der Waals surface area contributed by atoms with Crippen molar-refractivity contribution >= 4 is 5.91 Å². The Bertz CT molecular complexity index is 826. The maximum atomic E-state index is 12.8. The van der Waals surface area contributed by atoms with Crippen molar-refractivity contribution in [1.82, 2.24) is 15.1 Å². The van der Waals surface area contributed by atoms with E-state index in [1.165, 1.54) is 6.26 Å². The van der Waals surface area contributed by atoms with Crippen molar-refractivity contribution in [2.75, 3.05) is 13.7 Å². The van der Waals surface area contributed by atoms with E-state index < -0.39 is 0 Å². The average Bonchev–Trinajstić information content (AvgIpc) is 3.32. The Hall–Kier alpha value is -3.09. The number of benzene rings is 1. The van der Waals surface area contributed by atoms with Crippen LogP contribution in [0.25, 0.3) is 11.7 Å². The van der Waals surface area contributed by atoms with E-state index >= 15 is 0 Å². The summed E-state index contributed by atoms with van der Waals surface area (Å²) in [7, 11) is 1.57. The SMILES string of the molecule is CCCN(Cc1nnc(-c2ccco2)o1)C(=O)c1cccc(OC)c1. The topological polar surface area (TPSA) is 81.6 Å². The first-order valence-electron chi connectivity index (χ1n) is 8.01. The lowest BCUT2D eigenvalue weighted by atomic mass is 10.2. The summed E-state index contributed by atoms with van der Waals surface area (Å²) in [6.45, 7) is 2.82. The van der Waals surface area contributed by atoms with Gasteiger partial charge in [-0.3, -0.25) is 4.79 Å². The molecule has 1 aromatic carbocycles. The second-order valence-corrected chi connectivity index (χ2v) is 5.44. The van der Waals surface area contributed by atoms with Gasteiger partial charge in [0.05, 0.1) is 19.9 Å². The van der Waals surface area contributed by atoms with Crippen molar-refractivity contribution in [2.45, 2.75) is 19.9 Å². The summed E-state index contributed by atoms with van der Waals surface area (Å²) in [5, 5.41) is 7.97. The highest BCUT2D eigenvalue weighted by atomic mass is 16.5. The molecule has 3 aromatic rings. The van der Waals surface area contributed by atoms with Gasteiger partial charge in [-0.05, 0) is 36.8 Å². The molecule has 1 amide bonds. The predicted molar refractivity (Wildman–Crippen MR) is 90.0 cm³/mol. The molecule has 0 unspecified atom stereocenters. The number of aromatic nitrogens is 2. The van der Waals surface area contributed by atoms with Crippen LogP contribution in [0.5, 0.6) is 5.75 Å². The Balaban J connectivity index is 1.77. The minimum atomic E-state index is -0.113. The normalized spacial score (nSPS) is 10.6. The van der Waals surface area contributed by atoms with Crippen molar-refractivity contribution < 1.29 is 18.4 Å². The Kier molecular flexibility index (Phi) is 5.13. The van der Waals surface area contributed by atoms with Gasteiger partial charge in [0.2, 0.25) is 5.89 Å². The highest BCUT2D eigenvalue weighted by Crippen LogP contribution is 2.20. The lowest BCUT2D eigenvalue weighted by Crippen LogP contribution is -2.31. The van der Waals surface area contributed by atoms with E-state index in [4.69, 9.17) is 13.6 Å². The summed E-state index contributed by atoms with van der Waals surface area (Å²) in [6, 6.07) is 10.5. The van der Waals surface area contributed by atoms with Gasteiger partial charge in [-0.15, -0.1) is 10.2 Å². The lowest BCUT2D eigenvalue weighted by molar-refractivity contribution is 0.0728. The van der Waals surface area contributed by atoms with Gasteiger partial charge in [0.15, 0.2) is 5.76 Å². The van der Waals surface area contributed by atoms with Crippen LogP contribution in [0.15, 0.2) is 51.5 Å². The standard InChI is InChI=1S/C18H19N3O4/c1-3-9-21(18(22)13-6-4-7-14(11-13)23-2)12-16-19-20-17(25-16)15-8-5-10-24-15/h4-8,10-11H,3,9,12H2,1-2H3. The lowest BCUT2D eigenvalue weighted by Gasteiger charge is -2.20. The van der Waals surface area contributed by atoms with E-state index in [9.17, 15) is 4.79 Å². The van der Waals surface area contributed by atoms with Crippen molar-refractivity contribution in [3.05, 3.63) is 54.1 Å². The van der Waals surface area contributed by atoms with Crippen LogP contribution < -0.4 is 4.74 Å². The summed E-state index contributed by atoms with van der Waals surface area (Å²) in [5.74, 6) is 1.68. The van der Waals surface area contributed by atoms with E-state index in [2.05, 4.69) is 10.2 Å². The van der Waals surface area contributed by atoms with Crippen LogP contribution in [0.1, 0.15) is 29.6 Å². The molecule has 0 spiro atoms. The Morgan fingerprint density at radius 1 is 1.24 bits per heavy atom. The van der Waals surface area contributed by atoms with Gasteiger partial charge in [-0.1, -0.05) is 13.0 Å². The summed E-state index contributed by atoms with van der Waals surface area (Å²) >= 11 is 0. The quantitative estimate of drug-likeness (QED) is 0.655. The molecule has 0 aliphatic heterocycles. The third kappa shape index (κ3) is 3.88. The molecule has 7 nitrogen and oxygen atoms in total. The van der Waals surface area contributed by atoms with Gasteiger partial charge >= 0.3 is 0 Å². The van der Waals surface area contributed by atoms with Gasteiger partial charge in [0.1, 0.15) is 5.75 Å². The first kappa shape index (κ1) is 16.8. The first-order valence-corrected chi connectivity index (χ1v) is 8.01. The van der Waals surface area contributed by atoms with E-state index in [1.54, 1.807) is 48.4 Å². The second kappa shape index (κ2) is 7.65. The summed E-state index contributed by atoms with van der Waals surface area (Å²) < 4.78 is 16.0. The van der Waals surface area contributed by atoms with Crippen LogP contribution in [0.2, 0.25) is 0 Å². The van der Waals surface area contributed by atoms with Crippen molar-refractivity contribution in [3.63, 3.8) is 0 Å². The molecule has 0 saturated carbocycles. The van der Waals surface area contributed by atoms with E-state index in [1.807, 2.05) is 6.92 Å². The molecule has 0 bridgehead atoms. The summed E-state index contributed by atoms with van der Waals surface area (Å²) in [5.41, 5.74) is 0.554. The Morgan fingerprint density at radius 2 is 2.12 bits per heavy atom. The fourth-order valence-electron chi connectivity index (χ4n) is 2.44. The second-order valence-electron chi connectivity index (χ2n) is 5.44. The number of furan rings is 1. The van der Waals surface area contributed by atoms with Crippen LogP contribution in [0.3, 0.4) is 0 Å². The molecule has 7 heteroatoms. The van der Waals surface area contributed by atoms with Crippen LogP contribution in [-0.4, -0.2) is 34.7 Å². The summed E-state index contributed by atoms with van der Waals surface area (Å²) in [6.07, 6.45) is 2.35. The van der Waals surface area contributed by atoms with E-state index in [-0.39, 0.29) is 12.5 Å². The van der Waals surface area contributed by atoms with Gasteiger partial charge in [-0.2, -0.15) is 0 Å².